The number of aliphatic hydroxyl groups is 1. The van der Waals surface area contributed by atoms with Crippen LogP contribution in [0.4, 0.5) is 0 Å². The molecule has 0 aliphatic heterocycles. The summed E-state index contributed by atoms with van der Waals surface area (Å²) in [6, 6.07) is 0. The number of likely N-dealkylation sites (N-methyl/N-ethyl adjacent to an activating group) is 1. The van der Waals surface area contributed by atoms with E-state index in [0.717, 1.165) is 13.1 Å². The van der Waals surface area contributed by atoms with Gasteiger partial charge in [-0.25, -0.2) is 0 Å². The van der Waals surface area contributed by atoms with Crippen molar-refractivity contribution in [3.8, 4) is 0 Å². The lowest BCUT2D eigenvalue weighted by Crippen LogP contribution is -2.26. The molecule has 1 atom stereocenters. The van der Waals surface area contributed by atoms with Crippen LogP contribution in [-0.4, -0.2) is 36.2 Å². The Hall–Kier alpha value is -0.0800. The molecule has 1 N–H and O–H groups in total. The van der Waals surface area contributed by atoms with E-state index >= 15 is 0 Å². The van der Waals surface area contributed by atoms with Gasteiger partial charge in [-0.2, -0.15) is 0 Å². The molecule has 0 amide bonds. The summed E-state index contributed by atoms with van der Waals surface area (Å²) < 4.78 is 0. The molecule has 0 saturated carbocycles. The van der Waals surface area contributed by atoms with Crippen LogP contribution in [-0.2, 0) is 0 Å². The third-order valence-electron chi connectivity index (χ3n) is 1.12. The highest BCUT2D eigenvalue weighted by Gasteiger charge is 1.97. The second-order valence-corrected chi connectivity index (χ2v) is 2.20. The summed E-state index contributed by atoms with van der Waals surface area (Å²) >= 11 is 0. The lowest BCUT2D eigenvalue weighted by atomic mass is 10.4. The summed E-state index contributed by atoms with van der Waals surface area (Å²) in [6.07, 6.45) is -0.194. The van der Waals surface area contributed by atoms with Crippen LogP contribution in [0.3, 0.4) is 0 Å². The first-order valence-corrected chi connectivity index (χ1v) is 3.03. The summed E-state index contributed by atoms with van der Waals surface area (Å²) in [5.74, 6) is 0. The van der Waals surface area contributed by atoms with E-state index in [9.17, 15) is 0 Å². The predicted octanol–water partition coefficient (Wildman–Crippen LogP) is 0.319. The van der Waals surface area contributed by atoms with Gasteiger partial charge in [0.25, 0.3) is 0 Å². The van der Waals surface area contributed by atoms with Crippen LogP contribution in [0.15, 0.2) is 0 Å². The molecule has 0 aromatic carbocycles. The van der Waals surface area contributed by atoms with Crippen molar-refractivity contribution in [2.45, 2.75) is 20.0 Å². The average Bonchev–Trinajstić information content (AvgIpc) is 1.65. The first-order chi connectivity index (χ1) is 3.66. The van der Waals surface area contributed by atoms with Gasteiger partial charge in [-0.1, -0.05) is 6.92 Å². The van der Waals surface area contributed by atoms with Crippen molar-refractivity contribution < 1.29 is 5.11 Å². The molecule has 0 aromatic heterocycles. The molecule has 0 heterocycles. The van der Waals surface area contributed by atoms with Gasteiger partial charge in [-0.05, 0) is 20.5 Å². The smallest absolute Gasteiger partial charge is 0.0638 e. The second kappa shape index (κ2) is 3.87. The van der Waals surface area contributed by atoms with Crippen LogP contribution in [0.2, 0.25) is 0 Å². The van der Waals surface area contributed by atoms with E-state index in [1.54, 1.807) is 6.92 Å². The predicted molar refractivity (Wildman–Crippen MR) is 34.9 cm³/mol. The Bertz CT molecular complexity index is 54.5. The van der Waals surface area contributed by atoms with Crippen LogP contribution >= 0.6 is 0 Å². The molecule has 0 aromatic rings. The first-order valence-electron chi connectivity index (χ1n) is 3.03. The van der Waals surface area contributed by atoms with Crippen LogP contribution in [0.1, 0.15) is 13.8 Å². The van der Waals surface area contributed by atoms with Crippen molar-refractivity contribution in [2.75, 3.05) is 20.1 Å². The maximum atomic E-state index is 8.81. The van der Waals surface area contributed by atoms with E-state index in [1.807, 2.05) is 7.05 Å². The Kier molecular flexibility index (Phi) is 3.83. The molecule has 0 radical (unpaired) electrons. The van der Waals surface area contributed by atoms with Gasteiger partial charge in [-0.15, -0.1) is 0 Å². The number of hydrogen-bond acceptors (Lipinski definition) is 2. The van der Waals surface area contributed by atoms with Crippen molar-refractivity contribution in [1.29, 1.82) is 0 Å². The molecular weight excluding hydrogens is 102 g/mol. The molecule has 1 unspecified atom stereocenters. The third-order valence-corrected chi connectivity index (χ3v) is 1.12. The average molecular weight is 117 g/mol. The van der Waals surface area contributed by atoms with Crippen LogP contribution in [0.25, 0.3) is 0 Å². The lowest BCUT2D eigenvalue weighted by Gasteiger charge is -2.14. The van der Waals surface area contributed by atoms with Gasteiger partial charge in [0, 0.05) is 6.54 Å². The molecule has 0 spiro atoms. The minimum absolute atomic E-state index is 0.194. The Labute approximate surface area is 51.1 Å². The Morgan fingerprint density at radius 2 is 2.12 bits per heavy atom. The fourth-order valence-corrected chi connectivity index (χ4v) is 0.580. The molecule has 50 valence electrons. The van der Waals surface area contributed by atoms with Gasteiger partial charge in [0.1, 0.15) is 0 Å². The maximum Gasteiger partial charge on any atom is 0.0638 e. The van der Waals surface area contributed by atoms with E-state index in [4.69, 9.17) is 5.11 Å². The van der Waals surface area contributed by atoms with E-state index < -0.39 is 0 Å². The maximum absolute atomic E-state index is 8.81. The normalized spacial score (nSPS) is 14.6. The zero-order chi connectivity index (χ0) is 6.57. The Morgan fingerprint density at radius 3 is 2.25 bits per heavy atom. The van der Waals surface area contributed by atoms with E-state index in [-0.39, 0.29) is 6.10 Å². The molecule has 0 bridgehead atoms. The highest BCUT2D eigenvalue weighted by molar-refractivity contribution is 4.51. The molecule has 8 heavy (non-hydrogen) atoms. The number of hydrogen-bond donors (Lipinski definition) is 1. The summed E-state index contributed by atoms with van der Waals surface area (Å²) in [5.41, 5.74) is 0. The molecular formula is C6H15NO. The summed E-state index contributed by atoms with van der Waals surface area (Å²) in [4.78, 5) is 2.07. The molecule has 0 fully saturated rings. The molecule has 0 aliphatic carbocycles. The molecule has 0 saturated heterocycles. The minimum Gasteiger partial charge on any atom is -0.392 e. The number of aliphatic hydroxyl groups excluding tert-OH is 1. The van der Waals surface area contributed by atoms with Gasteiger partial charge in [0.15, 0.2) is 0 Å². The van der Waals surface area contributed by atoms with Crippen LogP contribution in [0.5, 0.6) is 0 Å². The highest BCUT2D eigenvalue weighted by atomic mass is 16.3. The fraction of sp³-hybridized carbons (Fsp3) is 1.00. The Balaban J connectivity index is 3.10. The third kappa shape index (κ3) is 4.09. The summed E-state index contributed by atoms with van der Waals surface area (Å²) in [6.45, 7) is 5.65. The lowest BCUT2D eigenvalue weighted by molar-refractivity contribution is 0.144. The molecule has 0 rings (SSSR count). The molecule has 2 heteroatoms. The zero-order valence-electron chi connectivity index (χ0n) is 5.89. The number of nitrogens with zero attached hydrogens (tertiary/aromatic N) is 1. The second-order valence-electron chi connectivity index (χ2n) is 2.20. The van der Waals surface area contributed by atoms with Gasteiger partial charge < -0.3 is 10.0 Å². The number of rotatable bonds is 3. The fourth-order valence-electron chi connectivity index (χ4n) is 0.580. The summed E-state index contributed by atoms with van der Waals surface area (Å²) in [5, 5.41) is 8.81. The SMILES string of the molecule is CCN(C)CC(C)O. The quantitative estimate of drug-likeness (QED) is 0.575. The van der Waals surface area contributed by atoms with Crippen molar-refractivity contribution in [3.63, 3.8) is 0 Å². The van der Waals surface area contributed by atoms with Gasteiger partial charge in [-0.3, -0.25) is 0 Å². The van der Waals surface area contributed by atoms with Crippen LogP contribution in [0, 0.1) is 0 Å². The van der Waals surface area contributed by atoms with E-state index in [0.29, 0.717) is 0 Å². The van der Waals surface area contributed by atoms with Gasteiger partial charge in [0.2, 0.25) is 0 Å². The van der Waals surface area contributed by atoms with Gasteiger partial charge in [0.05, 0.1) is 6.10 Å². The van der Waals surface area contributed by atoms with Crippen molar-refractivity contribution in [1.82, 2.24) is 4.90 Å². The largest absolute Gasteiger partial charge is 0.392 e. The van der Waals surface area contributed by atoms with Gasteiger partial charge >= 0.3 is 0 Å². The van der Waals surface area contributed by atoms with Crippen LogP contribution < -0.4 is 0 Å². The Morgan fingerprint density at radius 1 is 1.62 bits per heavy atom. The van der Waals surface area contributed by atoms with E-state index in [2.05, 4.69) is 11.8 Å². The van der Waals surface area contributed by atoms with E-state index in [1.165, 1.54) is 0 Å². The molecule has 2 nitrogen and oxygen atoms in total. The van der Waals surface area contributed by atoms with Crippen molar-refractivity contribution in [2.24, 2.45) is 0 Å². The van der Waals surface area contributed by atoms with Crippen molar-refractivity contribution >= 4 is 0 Å². The highest BCUT2D eigenvalue weighted by Crippen LogP contribution is 1.84. The standard InChI is InChI=1S/C6H15NO/c1-4-7(3)5-6(2)8/h6,8H,4-5H2,1-3H3. The summed E-state index contributed by atoms with van der Waals surface area (Å²) in [7, 11) is 1.99. The zero-order valence-corrected chi connectivity index (χ0v) is 5.89. The first kappa shape index (κ1) is 7.92. The minimum atomic E-state index is -0.194. The molecule has 0 aliphatic rings. The monoisotopic (exact) mass is 117 g/mol. The topological polar surface area (TPSA) is 23.5 Å². The van der Waals surface area contributed by atoms with Crippen molar-refractivity contribution in [3.05, 3.63) is 0 Å².